The van der Waals surface area contributed by atoms with Gasteiger partial charge in [0.05, 0.1) is 12.0 Å². The van der Waals surface area contributed by atoms with E-state index in [-0.39, 0.29) is 11.7 Å². The number of ether oxygens (including phenoxy) is 1. The van der Waals surface area contributed by atoms with Crippen LogP contribution in [0, 0.1) is 0 Å². The molecule has 0 bridgehead atoms. The van der Waals surface area contributed by atoms with Crippen LogP contribution >= 0.6 is 27.7 Å². The normalized spacial score (nSPS) is 20.1. The second-order valence-corrected chi connectivity index (χ2v) is 7.27. The lowest BCUT2D eigenvalue weighted by molar-refractivity contribution is -0.113. The van der Waals surface area contributed by atoms with Crippen LogP contribution in [0.4, 0.5) is 0 Å². The van der Waals surface area contributed by atoms with Crippen molar-refractivity contribution < 1.29 is 14.6 Å². The van der Waals surface area contributed by atoms with E-state index in [1.807, 2.05) is 0 Å². The van der Waals surface area contributed by atoms with Crippen molar-refractivity contribution in [2.24, 2.45) is 4.99 Å². The SMILES string of the molecule is COc1cc(C=C2SC(N3CCCCC3)=NC2=O)c(Br)cc1O. The molecule has 0 saturated carbocycles. The number of carbonyl (C=O) groups excluding carboxylic acids is 1. The number of hydrogen-bond donors (Lipinski definition) is 1. The van der Waals surface area contributed by atoms with Crippen molar-refractivity contribution in [2.75, 3.05) is 20.2 Å². The molecule has 122 valence electrons. The highest BCUT2D eigenvalue weighted by atomic mass is 79.9. The largest absolute Gasteiger partial charge is 0.504 e. The summed E-state index contributed by atoms with van der Waals surface area (Å²) >= 11 is 4.81. The van der Waals surface area contributed by atoms with Gasteiger partial charge in [-0.1, -0.05) is 15.9 Å². The predicted molar refractivity (Wildman–Crippen MR) is 95.8 cm³/mol. The van der Waals surface area contributed by atoms with E-state index in [9.17, 15) is 9.90 Å². The van der Waals surface area contributed by atoms with Crippen molar-refractivity contribution in [3.63, 3.8) is 0 Å². The number of piperidine rings is 1. The van der Waals surface area contributed by atoms with Crippen LogP contribution in [0.3, 0.4) is 0 Å². The third kappa shape index (κ3) is 3.55. The molecule has 1 aromatic rings. The first-order valence-corrected chi connectivity index (χ1v) is 9.03. The molecule has 2 heterocycles. The van der Waals surface area contributed by atoms with Gasteiger partial charge in [-0.3, -0.25) is 4.79 Å². The molecule has 5 nitrogen and oxygen atoms in total. The zero-order valence-corrected chi connectivity index (χ0v) is 15.1. The van der Waals surface area contributed by atoms with E-state index in [4.69, 9.17) is 4.74 Å². The van der Waals surface area contributed by atoms with Gasteiger partial charge in [-0.2, -0.15) is 4.99 Å². The summed E-state index contributed by atoms with van der Waals surface area (Å²) in [6.45, 7) is 1.92. The van der Waals surface area contributed by atoms with Crippen LogP contribution in [0.1, 0.15) is 24.8 Å². The van der Waals surface area contributed by atoms with Gasteiger partial charge in [-0.15, -0.1) is 0 Å². The zero-order valence-electron chi connectivity index (χ0n) is 12.7. The molecule has 23 heavy (non-hydrogen) atoms. The lowest BCUT2D eigenvalue weighted by Crippen LogP contribution is -2.33. The maximum Gasteiger partial charge on any atom is 0.286 e. The smallest absolute Gasteiger partial charge is 0.286 e. The second kappa shape index (κ2) is 6.97. The summed E-state index contributed by atoms with van der Waals surface area (Å²) in [4.78, 5) is 19.1. The maximum atomic E-state index is 12.2. The standard InChI is InChI=1S/C16H17BrN2O3S/c1-22-13-7-10(11(17)9-12(13)20)8-14-15(21)18-16(23-14)19-5-3-2-4-6-19/h7-9,20H,2-6H2,1H3. The first kappa shape index (κ1) is 16.4. The Kier molecular flexibility index (Phi) is 4.96. The molecule has 7 heteroatoms. The molecule has 1 saturated heterocycles. The van der Waals surface area contributed by atoms with E-state index < -0.39 is 0 Å². The fourth-order valence-corrected chi connectivity index (χ4v) is 3.99. The Bertz CT molecular complexity index is 697. The number of halogens is 1. The number of carbonyl (C=O) groups is 1. The first-order chi connectivity index (χ1) is 11.1. The molecule has 0 unspecified atom stereocenters. The van der Waals surface area contributed by atoms with Crippen LogP contribution in [0.25, 0.3) is 6.08 Å². The van der Waals surface area contributed by atoms with Crippen LogP contribution < -0.4 is 4.74 Å². The molecule has 0 spiro atoms. The topological polar surface area (TPSA) is 62.1 Å². The van der Waals surface area contributed by atoms with Crippen LogP contribution in [-0.4, -0.2) is 41.3 Å². The average molecular weight is 397 g/mol. The summed E-state index contributed by atoms with van der Waals surface area (Å²) in [5.41, 5.74) is 0.769. The molecule has 0 aliphatic carbocycles. The number of thioether (sulfide) groups is 1. The van der Waals surface area contributed by atoms with Crippen molar-refractivity contribution in [3.8, 4) is 11.5 Å². The van der Waals surface area contributed by atoms with Crippen LogP contribution in [0.5, 0.6) is 11.5 Å². The number of amides is 1. The zero-order chi connectivity index (χ0) is 16.4. The number of hydrogen-bond acceptors (Lipinski definition) is 5. The molecule has 0 radical (unpaired) electrons. The van der Waals surface area contributed by atoms with Crippen LogP contribution in [-0.2, 0) is 4.79 Å². The average Bonchev–Trinajstić information content (AvgIpc) is 2.92. The summed E-state index contributed by atoms with van der Waals surface area (Å²) in [5.74, 6) is 0.208. The Balaban J connectivity index is 1.83. The third-order valence-corrected chi connectivity index (χ3v) is 5.55. The lowest BCUT2D eigenvalue weighted by atomic mass is 10.1. The molecule has 1 aromatic carbocycles. The van der Waals surface area contributed by atoms with Gasteiger partial charge >= 0.3 is 0 Å². The number of phenols is 1. The second-order valence-electron chi connectivity index (χ2n) is 5.40. The predicted octanol–water partition coefficient (Wildman–Crippen LogP) is 3.62. The van der Waals surface area contributed by atoms with Gasteiger partial charge in [0, 0.05) is 17.6 Å². The molecular formula is C16H17BrN2O3S. The van der Waals surface area contributed by atoms with Gasteiger partial charge in [0.1, 0.15) is 0 Å². The molecule has 0 atom stereocenters. The number of methoxy groups -OCH3 is 1. The number of rotatable bonds is 2. The van der Waals surface area contributed by atoms with Gasteiger partial charge in [0.15, 0.2) is 16.7 Å². The van der Waals surface area contributed by atoms with Crippen LogP contribution in [0.15, 0.2) is 26.5 Å². The van der Waals surface area contributed by atoms with Crippen LogP contribution in [0.2, 0.25) is 0 Å². The number of phenolic OH excluding ortho intramolecular Hbond substituents is 1. The Morgan fingerprint density at radius 2 is 2.09 bits per heavy atom. The number of aliphatic imine (C=N–C) groups is 1. The molecule has 1 fully saturated rings. The van der Waals surface area contributed by atoms with Crippen molar-refractivity contribution >= 4 is 44.8 Å². The Labute approximate surface area is 147 Å². The first-order valence-electron chi connectivity index (χ1n) is 7.42. The molecular weight excluding hydrogens is 380 g/mol. The highest BCUT2D eigenvalue weighted by Crippen LogP contribution is 2.36. The van der Waals surface area contributed by atoms with Gasteiger partial charge in [-0.25, -0.2) is 0 Å². The lowest BCUT2D eigenvalue weighted by Gasteiger charge is -2.27. The van der Waals surface area contributed by atoms with E-state index >= 15 is 0 Å². The summed E-state index contributed by atoms with van der Waals surface area (Å²) in [6.07, 6.45) is 5.31. The van der Waals surface area contributed by atoms with Gasteiger partial charge < -0.3 is 14.7 Å². The van der Waals surface area contributed by atoms with E-state index in [2.05, 4.69) is 25.8 Å². The molecule has 2 aliphatic heterocycles. The van der Waals surface area contributed by atoms with Crippen molar-refractivity contribution in [3.05, 3.63) is 27.1 Å². The minimum atomic E-state index is -0.213. The van der Waals surface area contributed by atoms with Crippen molar-refractivity contribution in [2.45, 2.75) is 19.3 Å². The molecule has 1 amide bonds. The summed E-state index contributed by atoms with van der Waals surface area (Å²) in [7, 11) is 1.49. The number of nitrogens with zero attached hydrogens (tertiary/aromatic N) is 2. The molecule has 2 aliphatic rings. The van der Waals surface area contributed by atoms with E-state index in [1.54, 1.807) is 18.2 Å². The molecule has 1 N–H and O–H groups in total. The van der Waals surface area contributed by atoms with Gasteiger partial charge in [0.25, 0.3) is 5.91 Å². The summed E-state index contributed by atoms with van der Waals surface area (Å²) < 4.78 is 5.82. The Morgan fingerprint density at radius 1 is 1.35 bits per heavy atom. The number of benzene rings is 1. The minimum absolute atomic E-state index is 0.0529. The van der Waals surface area contributed by atoms with Crippen molar-refractivity contribution in [1.29, 1.82) is 0 Å². The Hall–Kier alpha value is -1.47. The van der Waals surface area contributed by atoms with Crippen molar-refractivity contribution in [1.82, 2.24) is 4.90 Å². The maximum absolute atomic E-state index is 12.2. The van der Waals surface area contributed by atoms with E-state index in [0.29, 0.717) is 15.1 Å². The number of amidine groups is 1. The highest BCUT2D eigenvalue weighted by Gasteiger charge is 2.27. The summed E-state index contributed by atoms with van der Waals surface area (Å²) in [6, 6.07) is 3.25. The molecule has 3 rings (SSSR count). The quantitative estimate of drug-likeness (QED) is 0.773. The Morgan fingerprint density at radius 3 is 2.78 bits per heavy atom. The third-order valence-electron chi connectivity index (χ3n) is 3.82. The van der Waals surface area contributed by atoms with Gasteiger partial charge in [0.2, 0.25) is 0 Å². The fourth-order valence-electron chi connectivity index (χ4n) is 2.59. The number of aromatic hydroxyl groups is 1. The highest BCUT2D eigenvalue weighted by molar-refractivity contribution is 9.10. The van der Waals surface area contributed by atoms with E-state index in [0.717, 1.165) is 36.7 Å². The van der Waals surface area contributed by atoms with Gasteiger partial charge in [-0.05, 0) is 54.8 Å². The number of likely N-dealkylation sites (tertiary alicyclic amines) is 1. The fraction of sp³-hybridized carbons (Fsp3) is 0.375. The molecule has 0 aromatic heterocycles. The monoisotopic (exact) mass is 396 g/mol. The van der Waals surface area contributed by atoms with E-state index in [1.165, 1.54) is 25.3 Å². The minimum Gasteiger partial charge on any atom is -0.504 e. The summed E-state index contributed by atoms with van der Waals surface area (Å²) in [5, 5.41) is 10.6.